The van der Waals surface area contributed by atoms with E-state index in [1.807, 2.05) is 29.2 Å². The fourth-order valence-corrected chi connectivity index (χ4v) is 2.80. The Bertz CT molecular complexity index is 544. The van der Waals surface area contributed by atoms with Crippen LogP contribution in [0, 0.1) is 0 Å². The fraction of sp³-hybridized carbons (Fsp3) is 0.529. The van der Waals surface area contributed by atoms with Crippen molar-refractivity contribution in [3.05, 3.63) is 35.4 Å². The summed E-state index contributed by atoms with van der Waals surface area (Å²) >= 11 is 0. The fourth-order valence-electron chi connectivity index (χ4n) is 2.80. The summed E-state index contributed by atoms with van der Waals surface area (Å²) in [6.07, 6.45) is 3.25. The van der Waals surface area contributed by atoms with Crippen LogP contribution in [0.25, 0.3) is 0 Å². The van der Waals surface area contributed by atoms with E-state index in [2.05, 4.69) is 12.2 Å². The highest BCUT2D eigenvalue weighted by Crippen LogP contribution is 2.18. The molecule has 0 bridgehead atoms. The van der Waals surface area contributed by atoms with E-state index in [4.69, 9.17) is 5.84 Å². The van der Waals surface area contributed by atoms with Gasteiger partial charge in [-0.15, -0.1) is 0 Å². The van der Waals surface area contributed by atoms with Crippen molar-refractivity contribution in [3.63, 3.8) is 0 Å². The summed E-state index contributed by atoms with van der Waals surface area (Å²) in [4.78, 5) is 25.2. The highest BCUT2D eigenvalue weighted by Gasteiger charge is 2.26. The molecule has 1 fully saturated rings. The summed E-state index contributed by atoms with van der Waals surface area (Å²) in [6.45, 7) is 5.23. The number of carbonyl (C=O) groups is 2. The summed E-state index contributed by atoms with van der Waals surface area (Å²) in [7, 11) is 0. The third kappa shape index (κ3) is 4.96. The second kappa shape index (κ2) is 7.97. The molecule has 23 heavy (non-hydrogen) atoms. The van der Waals surface area contributed by atoms with Gasteiger partial charge < -0.3 is 10.2 Å². The number of nitrogens with zero attached hydrogens (tertiary/aromatic N) is 2. The van der Waals surface area contributed by atoms with Gasteiger partial charge in [0.15, 0.2) is 0 Å². The van der Waals surface area contributed by atoms with E-state index in [1.165, 1.54) is 18.4 Å². The van der Waals surface area contributed by atoms with Crippen molar-refractivity contribution in [2.24, 2.45) is 5.84 Å². The van der Waals surface area contributed by atoms with E-state index in [0.29, 0.717) is 13.1 Å². The monoisotopic (exact) mass is 318 g/mol. The van der Waals surface area contributed by atoms with Crippen molar-refractivity contribution < 1.29 is 9.59 Å². The Balaban J connectivity index is 1.90. The van der Waals surface area contributed by atoms with Crippen LogP contribution in [0.2, 0.25) is 0 Å². The number of rotatable bonds is 4. The van der Waals surface area contributed by atoms with Crippen LogP contribution < -0.4 is 11.2 Å². The van der Waals surface area contributed by atoms with Crippen LogP contribution in [0.5, 0.6) is 0 Å². The summed E-state index contributed by atoms with van der Waals surface area (Å²) in [5.41, 5.74) is 1.99. The Labute approximate surface area is 137 Å². The van der Waals surface area contributed by atoms with Gasteiger partial charge in [-0.2, -0.15) is 0 Å². The van der Waals surface area contributed by atoms with Crippen molar-refractivity contribution in [1.82, 2.24) is 15.2 Å². The van der Waals surface area contributed by atoms with Gasteiger partial charge in [0.05, 0.1) is 6.54 Å². The molecule has 3 amide bonds. The Morgan fingerprint density at radius 2 is 1.91 bits per heavy atom. The molecule has 0 aliphatic carbocycles. The molecule has 1 aliphatic rings. The van der Waals surface area contributed by atoms with Crippen molar-refractivity contribution in [1.29, 1.82) is 0 Å². The van der Waals surface area contributed by atoms with Gasteiger partial charge in [-0.05, 0) is 37.3 Å². The first kappa shape index (κ1) is 17.3. The lowest BCUT2D eigenvalue weighted by atomic mass is 10.0. The molecule has 0 spiro atoms. The Hall–Kier alpha value is -2.08. The number of carbonyl (C=O) groups excluding carboxylic acids is 2. The number of likely N-dealkylation sites (tertiary alicyclic amines) is 1. The van der Waals surface area contributed by atoms with Gasteiger partial charge in [0, 0.05) is 26.1 Å². The van der Waals surface area contributed by atoms with Gasteiger partial charge in [-0.3, -0.25) is 9.80 Å². The van der Waals surface area contributed by atoms with Crippen LogP contribution in [0.3, 0.4) is 0 Å². The minimum Gasteiger partial charge on any atom is -0.352 e. The Morgan fingerprint density at radius 1 is 1.26 bits per heavy atom. The third-order valence-corrected chi connectivity index (χ3v) is 4.21. The normalized spacial score (nSPS) is 17.7. The number of piperidine rings is 1. The number of nitrogens with two attached hydrogens (primary N) is 1. The molecule has 2 rings (SSSR count). The predicted octanol–water partition coefficient (Wildman–Crippen LogP) is 1.99. The Morgan fingerprint density at radius 3 is 2.52 bits per heavy atom. The van der Waals surface area contributed by atoms with Crippen LogP contribution in [-0.2, 0) is 17.9 Å². The predicted molar refractivity (Wildman–Crippen MR) is 89.1 cm³/mol. The number of hydrogen-bond donors (Lipinski definition) is 2. The average molecular weight is 318 g/mol. The number of urea groups is 1. The average Bonchev–Trinajstić information content (AvgIpc) is 2.54. The number of amides is 3. The summed E-state index contributed by atoms with van der Waals surface area (Å²) in [5, 5.41) is 4.04. The first-order chi connectivity index (χ1) is 11.0. The number of hydrogen-bond acceptors (Lipinski definition) is 3. The maximum absolute atomic E-state index is 12.4. The molecule has 1 aliphatic heterocycles. The van der Waals surface area contributed by atoms with E-state index < -0.39 is 0 Å². The van der Waals surface area contributed by atoms with Gasteiger partial charge in [0.1, 0.15) is 0 Å². The van der Waals surface area contributed by atoms with Crippen LogP contribution >= 0.6 is 0 Å². The van der Waals surface area contributed by atoms with E-state index in [1.54, 1.807) is 0 Å². The summed E-state index contributed by atoms with van der Waals surface area (Å²) in [5.74, 6) is 5.91. The molecule has 1 aromatic rings. The second-order valence-electron chi connectivity index (χ2n) is 6.17. The standard InChI is InChI=1S/C17H26N4O2/c1-13-5-3-4-10-20(13)17(23)21(18)12-16-8-6-15(7-9-16)11-19-14(2)22/h6-9,13H,3-5,10-12,18H2,1-2H3,(H,19,22). The quantitative estimate of drug-likeness (QED) is 0.506. The molecular weight excluding hydrogens is 292 g/mol. The number of nitrogens with one attached hydrogen (secondary N) is 1. The van der Waals surface area contributed by atoms with Crippen molar-refractivity contribution in [2.45, 2.75) is 52.2 Å². The van der Waals surface area contributed by atoms with Crippen molar-refractivity contribution in [3.8, 4) is 0 Å². The molecule has 6 nitrogen and oxygen atoms in total. The van der Waals surface area contributed by atoms with Crippen molar-refractivity contribution >= 4 is 11.9 Å². The molecule has 1 aromatic carbocycles. The topological polar surface area (TPSA) is 78.7 Å². The van der Waals surface area contributed by atoms with Crippen LogP contribution in [0.4, 0.5) is 4.79 Å². The lowest BCUT2D eigenvalue weighted by molar-refractivity contribution is -0.119. The van der Waals surface area contributed by atoms with Gasteiger partial charge in [0.25, 0.3) is 0 Å². The molecule has 1 heterocycles. The second-order valence-corrected chi connectivity index (χ2v) is 6.17. The zero-order valence-corrected chi connectivity index (χ0v) is 13.9. The van der Waals surface area contributed by atoms with Gasteiger partial charge in [0.2, 0.25) is 5.91 Å². The zero-order chi connectivity index (χ0) is 16.8. The molecule has 0 radical (unpaired) electrons. The van der Waals surface area contributed by atoms with Gasteiger partial charge >= 0.3 is 6.03 Å². The number of hydrazine groups is 1. The van der Waals surface area contributed by atoms with E-state index in [0.717, 1.165) is 30.5 Å². The summed E-state index contributed by atoms with van der Waals surface area (Å²) < 4.78 is 0. The number of benzene rings is 1. The highest BCUT2D eigenvalue weighted by atomic mass is 16.2. The van der Waals surface area contributed by atoms with E-state index in [-0.39, 0.29) is 18.0 Å². The smallest absolute Gasteiger partial charge is 0.334 e. The molecular formula is C17H26N4O2. The molecule has 126 valence electrons. The van der Waals surface area contributed by atoms with Crippen LogP contribution in [0.15, 0.2) is 24.3 Å². The van der Waals surface area contributed by atoms with Crippen LogP contribution in [-0.4, -0.2) is 34.4 Å². The lowest BCUT2D eigenvalue weighted by Crippen LogP contribution is -2.51. The molecule has 0 aromatic heterocycles. The molecule has 1 saturated heterocycles. The van der Waals surface area contributed by atoms with Crippen LogP contribution in [0.1, 0.15) is 44.2 Å². The minimum absolute atomic E-state index is 0.0524. The molecule has 0 saturated carbocycles. The summed E-state index contributed by atoms with van der Waals surface area (Å²) in [6, 6.07) is 7.88. The lowest BCUT2D eigenvalue weighted by Gasteiger charge is -2.35. The highest BCUT2D eigenvalue weighted by molar-refractivity contribution is 5.74. The van der Waals surface area contributed by atoms with Gasteiger partial charge in [-0.25, -0.2) is 10.6 Å². The van der Waals surface area contributed by atoms with E-state index in [9.17, 15) is 9.59 Å². The first-order valence-corrected chi connectivity index (χ1v) is 8.12. The van der Waals surface area contributed by atoms with Crippen molar-refractivity contribution in [2.75, 3.05) is 6.54 Å². The molecule has 6 heteroatoms. The Kier molecular flexibility index (Phi) is 5.98. The first-order valence-electron chi connectivity index (χ1n) is 8.12. The minimum atomic E-state index is -0.112. The zero-order valence-electron chi connectivity index (χ0n) is 13.9. The largest absolute Gasteiger partial charge is 0.352 e. The molecule has 1 unspecified atom stereocenters. The maximum atomic E-state index is 12.4. The third-order valence-electron chi connectivity index (χ3n) is 4.21. The maximum Gasteiger partial charge on any atom is 0.334 e. The van der Waals surface area contributed by atoms with E-state index >= 15 is 0 Å². The molecule has 3 N–H and O–H groups in total. The molecule has 1 atom stereocenters. The SMILES string of the molecule is CC(=O)NCc1ccc(CN(N)C(=O)N2CCCCC2C)cc1. The van der Waals surface area contributed by atoms with Gasteiger partial charge in [-0.1, -0.05) is 24.3 Å².